The second kappa shape index (κ2) is 10.8. The highest BCUT2D eigenvalue weighted by Gasteiger charge is 2.35. The van der Waals surface area contributed by atoms with Gasteiger partial charge in [-0.05, 0) is 26.7 Å². The van der Waals surface area contributed by atoms with Crippen molar-refractivity contribution in [2.24, 2.45) is 0 Å². The fourth-order valence-electron chi connectivity index (χ4n) is 3.96. The van der Waals surface area contributed by atoms with Crippen LogP contribution in [0.4, 0.5) is 0 Å². The maximum absolute atomic E-state index is 12.6. The number of carbonyl (C=O) groups excluding carboxylic acids is 3. The van der Waals surface area contributed by atoms with E-state index in [1.165, 1.54) is 6.92 Å². The van der Waals surface area contributed by atoms with Gasteiger partial charge in [0.1, 0.15) is 0 Å². The molecule has 0 radical (unpaired) electrons. The molecule has 2 rings (SSSR count). The van der Waals surface area contributed by atoms with Gasteiger partial charge in [0.15, 0.2) is 6.29 Å². The number of carbonyl (C=O) groups is 3. The first kappa shape index (κ1) is 22.6. The predicted molar refractivity (Wildman–Crippen MR) is 104 cm³/mol. The number of nitrogens with one attached hydrogen (secondary N) is 3. The Labute approximate surface area is 167 Å². The van der Waals surface area contributed by atoms with Crippen molar-refractivity contribution in [1.29, 1.82) is 0 Å². The SMILES string of the molecule is CC(=O)NC1(CC(=O)NC(C)C(C)NC(=O)CCC2OCCO2)CCCCC1. The van der Waals surface area contributed by atoms with Crippen LogP contribution in [0.15, 0.2) is 0 Å². The van der Waals surface area contributed by atoms with E-state index in [1.54, 1.807) is 0 Å². The lowest BCUT2D eigenvalue weighted by Gasteiger charge is -2.38. The first-order chi connectivity index (χ1) is 13.3. The third-order valence-electron chi connectivity index (χ3n) is 5.58. The molecule has 1 aliphatic heterocycles. The summed E-state index contributed by atoms with van der Waals surface area (Å²) < 4.78 is 10.7. The minimum Gasteiger partial charge on any atom is -0.352 e. The summed E-state index contributed by atoms with van der Waals surface area (Å²) in [5, 5.41) is 8.90. The van der Waals surface area contributed by atoms with Crippen LogP contribution in [0.1, 0.15) is 72.1 Å². The molecule has 1 saturated carbocycles. The van der Waals surface area contributed by atoms with Gasteiger partial charge >= 0.3 is 0 Å². The van der Waals surface area contributed by atoms with Gasteiger partial charge in [0.25, 0.3) is 0 Å². The standard InChI is InChI=1S/C20H35N3O5/c1-14(21-17(25)7-8-19-27-11-12-28-19)15(2)22-18(26)13-20(23-16(3)24)9-5-4-6-10-20/h14-15,19H,4-13H2,1-3H3,(H,21,25)(H,22,26)(H,23,24). The van der Waals surface area contributed by atoms with Gasteiger partial charge in [-0.1, -0.05) is 19.3 Å². The molecule has 160 valence electrons. The third-order valence-corrected chi connectivity index (χ3v) is 5.58. The van der Waals surface area contributed by atoms with Crippen molar-refractivity contribution in [2.45, 2.75) is 96.1 Å². The number of ether oxygens (including phenoxy) is 2. The quantitative estimate of drug-likeness (QED) is 0.545. The Kier molecular flexibility index (Phi) is 8.69. The van der Waals surface area contributed by atoms with Crippen LogP contribution in [0.25, 0.3) is 0 Å². The molecule has 2 fully saturated rings. The van der Waals surface area contributed by atoms with Gasteiger partial charge in [-0.25, -0.2) is 0 Å². The molecule has 8 heteroatoms. The highest BCUT2D eigenvalue weighted by atomic mass is 16.7. The van der Waals surface area contributed by atoms with Crippen molar-refractivity contribution < 1.29 is 23.9 Å². The molecule has 2 aliphatic rings. The number of hydrogen-bond acceptors (Lipinski definition) is 5. The average Bonchev–Trinajstić information content (AvgIpc) is 3.13. The zero-order chi connectivity index (χ0) is 20.6. The molecule has 2 unspecified atom stereocenters. The van der Waals surface area contributed by atoms with Gasteiger partial charge in [0.2, 0.25) is 17.7 Å². The Balaban J connectivity index is 1.76. The Morgan fingerprint density at radius 2 is 1.54 bits per heavy atom. The molecular weight excluding hydrogens is 362 g/mol. The lowest BCUT2D eigenvalue weighted by Crippen LogP contribution is -2.54. The summed E-state index contributed by atoms with van der Waals surface area (Å²) in [6.07, 6.45) is 5.65. The summed E-state index contributed by atoms with van der Waals surface area (Å²) in [7, 11) is 0. The van der Waals surface area contributed by atoms with E-state index < -0.39 is 5.54 Å². The van der Waals surface area contributed by atoms with Gasteiger partial charge < -0.3 is 25.4 Å². The predicted octanol–water partition coefficient (Wildman–Crippen LogP) is 1.38. The van der Waals surface area contributed by atoms with Crippen LogP contribution in [0, 0.1) is 0 Å². The lowest BCUT2D eigenvalue weighted by molar-refractivity contribution is -0.127. The minimum atomic E-state index is -0.443. The van der Waals surface area contributed by atoms with Gasteiger partial charge in [-0.2, -0.15) is 0 Å². The Bertz CT molecular complexity index is 542. The van der Waals surface area contributed by atoms with Gasteiger partial charge in [-0.3, -0.25) is 14.4 Å². The molecule has 1 saturated heterocycles. The molecular formula is C20H35N3O5. The van der Waals surface area contributed by atoms with E-state index >= 15 is 0 Å². The maximum atomic E-state index is 12.6. The van der Waals surface area contributed by atoms with Crippen LogP contribution in [0.3, 0.4) is 0 Å². The zero-order valence-electron chi connectivity index (χ0n) is 17.3. The molecule has 0 aromatic heterocycles. The van der Waals surface area contributed by atoms with E-state index in [0.717, 1.165) is 32.1 Å². The Hall–Kier alpha value is -1.67. The normalized spacial score (nSPS) is 21.5. The lowest BCUT2D eigenvalue weighted by atomic mass is 9.79. The second-order valence-corrected chi connectivity index (χ2v) is 8.12. The minimum absolute atomic E-state index is 0.0882. The van der Waals surface area contributed by atoms with E-state index in [2.05, 4.69) is 16.0 Å². The third kappa shape index (κ3) is 7.39. The fraction of sp³-hybridized carbons (Fsp3) is 0.850. The molecule has 8 nitrogen and oxygen atoms in total. The summed E-state index contributed by atoms with van der Waals surface area (Å²) in [5.41, 5.74) is -0.443. The Morgan fingerprint density at radius 3 is 2.11 bits per heavy atom. The number of rotatable bonds is 9. The summed E-state index contributed by atoms with van der Waals surface area (Å²) in [5.74, 6) is -0.287. The van der Waals surface area contributed by atoms with Crippen molar-refractivity contribution in [3.8, 4) is 0 Å². The maximum Gasteiger partial charge on any atom is 0.222 e. The smallest absolute Gasteiger partial charge is 0.222 e. The Morgan fingerprint density at radius 1 is 0.964 bits per heavy atom. The molecule has 3 N–H and O–H groups in total. The van der Waals surface area contributed by atoms with Crippen molar-refractivity contribution in [3.05, 3.63) is 0 Å². The molecule has 0 spiro atoms. The molecule has 28 heavy (non-hydrogen) atoms. The van der Waals surface area contributed by atoms with Crippen LogP contribution in [-0.2, 0) is 23.9 Å². The largest absolute Gasteiger partial charge is 0.352 e. The highest BCUT2D eigenvalue weighted by Crippen LogP contribution is 2.31. The molecule has 0 bridgehead atoms. The highest BCUT2D eigenvalue weighted by molar-refractivity contribution is 5.80. The zero-order valence-corrected chi connectivity index (χ0v) is 17.3. The topological polar surface area (TPSA) is 106 Å². The fourth-order valence-corrected chi connectivity index (χ4v) is 3.96. The summed E-state index contributed by atoms with van der Waals surface area (Å²) in [4.78, 5) is 36.3. The molecule has 2 atom stereocenters. The first-order valence-corrected chi connectivity index (χ1v) is 10.4. The number of hydrogen-bond donors (Lipinski definition) is 3. The molecule has 1 aliphatic carbocycles. The van der Waals surface area contributed by atoms with Crippen molar-refractivity contribution in [2.75, 3.05) is 13.2 Å². The van der Waals surface area contributed by atoms with Crippen molar-refractivity contribution in [1.82, 2.24) is 16.0 Å². The molecule has 1 heterocycles. The van der Waals surface area contributed by atoms with E-state index in [1.807, 2.05) is 13.8 Å². The van der Waals surface area contributed by atoms with E-state index in [4.69, 9.17) is 9.47 Å². The molecule has 0 aromatic carbocycles. The van der Waals surface area contributed by atoms with Gasteiger partial charge in [0, 0.05) is 43.8 Å². The summed E-state index contributed by atoms with van der Waals surface area (Å²) in [6.45, 7) is 6.39. The van der Waals surface area contributed by atoms with Crippen LogP contribution < -0.4 is 16.0 Å². The van der Waals surface area contributed by atoms with Crippen molar-refractivity contribution >= 4 is 17.7 Å². The van der Waals surface area contributed by atoms with E-state index in [9.17, 15) is 14.4 Å². The van der Waals surface area contributed by atoms with Crippen LogP contribution >= 0.6 is 0 Å². The second-order valence-electron chi connectivity index (χ2n) is 8.12. The summed E-state index contributed by atoms with van der Waals surface area (Å²) >= 11 is 0. The summed E-state index contributed by atoms with van der Waals surface area (Å²) in [6, 6.07) is -0.418. The monoisotopic (exact) mass is 397 g/mol. The average molecular weight is 398 g/mol. The van der Waals surface area contributed by atoms with Gasteiger partial charge in [-0.15, -0.1) is 0 Å². The molecule has 3 amide bonds. The first-order valence-electron chi connectivity index (χ1n) is 10.4. The van der Waals surface area contributed by atoms with E-state index in [0.29, 0.717) is 26.1 Å². The van der Waals surface area contributed by atoms with Crippen LogP contribution in [-0.4, -0.2) is 54.8 Å². The van der Waals surface area contributed by atoms with Crippen molar-refractivity contribution in [3.63, 3.8) is 0 Å². The van der Waals surface area contributed by atoms with Gasteiger partial charge in [0.05, 0.1) is 13.2 Å². The van der Waals surface area contributed by atoms with Crippen LogP contribution in [0.2, 0.25) is 0 Å². The van der Waals surface area contributed by atoms with Crippen LogP contribution in [0.5, 0.6) is 0 Å². The molecule has 0 aromatic rings. The van der Waals surface area contributed by atoms with E-state index in [-0.39, 0.29) is 42.5 Å². The number of amides is 3.